The van der Waals surface area contributed by atoms with Gasteiger partial charge in [-0.15, -0.1) is 0 Å². The van der Waals surface area contributed by atoms with E-state index in [1.54, 1.807) is 32.9 Å². The molecule has 0 saturated carbocycles. The minimum Gasteiger partial charge on any atom is -0.444 e. The number of amides is 2. The molecule has 0 radical (unpaired) electrons. The largest absolute Gasteiger partial charge is 0.444 e. The van der Waals surface area contributed by atoms with E-state index in [0.717, 1.165) is 11.1 Å². The standard InChI is InChI=1S/C21H25N3O4/c1-21(2,3)28-20(27)23-12-18(13-25)24-19(26)16-6-4-14(5-7-16)15-8-10-17(22)11-9-15/h4-11,13,18H,12,22H2,1-3H3,(H,23,27)(H,24,26)/t18-/m0/s1. The first kappa shape index (κ1) is 21.0. The second kappa shape index (κ2) is 9.03. The number of alkyl carbamates (subject to hydrolysis) is 1. The molecule has 0 aliphatic rings. The Bertz CT molecular complexity index is 824. The summed E-state index contributed by atoms with van der Waals surface area (Å²) in [5.74, 6) is -0.410. The Morgan fingerprint density at radius 1 is 1.04 bits per heavy atom. The highest BCUT2D eigenvalue weighted by Gasteiger charge is 2.18. The van der Waals surface area contributed by atoms with E-state index in [1.807, 2.05) is 36.4 Å². The summed E-state index contributed by atoms with van der Waals surface area (Å²) in [5, 5.41) is 5.04. The molecule has 0 aliphatic carbocycles. The molecule has 0 fully saturated rings. The zero-order chi connectivity index (χ0) is 20.7. The summed E-state index contributed by atoms with van der Waals surface area (Å²) < 4.78 is 5.10. The van der Waals surface area contributed by atoms with Crippen molar-refractivity contribution < 1.29 is 19.1 Å². The second-order valence-electron chi connectivity index (χ2n) is 7.30. The van der Waals surface area contributed by atoms with E-state index in [0.29, 0.717) is 17.5 Å². The molecule has 148 valence electrons. The van der Waals surface area contributed by atoms with Gasteiger partial charge in [-0.3, -0.25) is 4.79 Å². The van der Waals surface area contributed by atoms with Crippen molar-refractivity contribution in [3.05, 3.63) is 54.1 Å². The topological polar surface area (TPSA) is 111 Å². The van der Waals surface area contributed by atoms with Crippen molar-refractivity contribution in [3.8, 4) is 11.1 Å². The van der Waals surface area contributed by atoms with Crippen LogP contribution in [-0.2, 0) is 9.53 Å². The molecule has 0 heterocycles. The van der Waals surface area contributed by atoms with E-state index >= 15 is 0 Å². The van der Waals surface area contributed by atoms with Gasteiger partial charge in [0.2, 0.25) is 0 Å². The molecule has 0 spiro atoms. The lowest BCUT2D eigenvalue weighted by Gasteiger charge is -2.20. The van der Waals surface area contributed by atoms with Gasteiger partial charge < -0.3 is 25.9 Å². The summed E-state index contributed by atoms with van der Waals surface area (Å²) in [6.45, 7) is 5.15. The lowest BCUT2D eigenvalue weighted by molar-refractivity contribution is -0.109. The third-order valence-corrected chi connectivity index (χ3v) is 3.74. The molecule has 0 aromatic heterocycles. The Morgan fingerprint density at radius 3 is 2.07 bits per heavy atom. The zero-order valence-corrected chi connectivity index (χ0v) is 16.2. The molecular formula is C21H25N3O4. The Kier molecular flexibility index (Phi) is 6.76. The first-order chi connectivity index (χ1) is 13.2. The number of aldehydes is 1. The van der Waals surface area contributed by atoms with Gasteiger partial charge in [0.15, 0.2) is 0 Å². The van der Waals surface area contributed by atoms with E-state index in [4.69, 9.17) is 10.5 Å². The molecule has 2 rings (SSSR count). The van der Waals surface area contributed by atoms with Gasteiger partial charge in [0.25, 0.3) is 5.91 Å². The first-order valence-corrected chi connectivity index (χ1v) is 8.87. The average Bonchev–Trinajstić information content (AvgIpc) is 2.64. The number of benzene rings is 2. The predicted octanol–water partition coefficient (Wildman–Crippen LogP) is 2.76. The van der Waals surface area contributed by atoms with Crippen LogP contribution in [0.5, 0.6) is 0 Å². The lowest BCUT2D eigenvalue weighted by Crippen LogP contribution is -2.45. The molecule has 0 unspecified atom stereocenters. The van der Waals surface area contributed by atoms with Crippen molar-refractivity contribution >= 4 is 24.0 Å². The predicted molar refractivity (Wildman–Crippen MR) is 108 cm³/mol. The smallest absolute Gasteiger partial charge is 0.407 e. The summed E-state index contributed by atoms with van der Waals surface area (Å²) >= 11 is 0. The van der Waals surface area contributed by atoms with Gasteiger partial charge in [0.1, 0.15) is 17.9 Å². The van der Waals surface area contributed by atoms with Gasteiger partial charge in [-0.2, -0.15) is 0 Å². The van der Waals surface area contributed by atoms with Gasteiger partial charge in [-0.25, -0.2) is 4.79 Å². The van der Waals surface area contributed by atoms with Gasteiger partial charge in [0.05, 0.1) is 0 Å². The fourth-order valence-electron chi connectivity index (χ4n) is 2.38. The monoisotopic (exact) mass is 383 g/mol. The Labute approximate surface area is 164 Å². The SMILES string of the molecule is CC(C)(C)OC(=O)NC[C@@H](C=O)NC(=O)c1ccc(-c2ccc(N)cc2)cc1. The van der Waals surface area contributed by atoms with Crippen molar-refractivity contribution in [3.63, 3.8) is 0 Å². The highest BCUT2D eigenvalue weighted by molar-refractivity contribution is 5.96. The maximum atomic E-state index is 12.3. The number of nitrogens with two attached hydrogens (primary N) is 1. The normalized spacial score (nSPS) is 12.0. The number of nitrogens with one attached hydrogen (secondary N) is 2. The second-order valence-corrected chi connectivity index (χ2v) is 7.30. The zero-order valence-electron chi connectivity index (χ0n) is 16.2. The highest BCUT2D eigenvalue weighted by Crippen LogP contribution is 2.21. The highest BCUT2D eigenvalue weighted by atomic mass is 16.6. The maximum Gasteiger partial charge on any atom is 0.407 e. The van der Waals surface area contributed by atoms with Crippen LogP contribution in [0.4, 0.5) is 10.5 Å². The van der Waals surface area contributed by atoms with Crippen LogP contribution in [0.1, 0.15) is 31.1 Å². The van der Waals surface area contributed by atoms with Gasteiger partial charge in [-0.1, -0.05) is 24.3 Å². The molecule has 1 atom stereocenters. The molecule has 4 N–H and O–H groups in total. The Balaban J connectivity index is 1.94. The maximum absolute atomic E-state index is 12.3. The van der Waals surface area contributed by atoms with Crippen LogP contribution in [0.3, 0.4) is 0 Å². The summed E-state index contributed by atoms with van der Waals surface area (Å²) in [6, 6.07) is 13.5. The number of anilines is 1. The van der Waals surface area contributed by atoms with Crippen molar-refractivity contribution in [2.75, 3.05) is 12.3 Å². The van der Waals surface area contributed by atoms with Crippen LogP contribution in [0.15, 0.2) is 48.5 Å². The minimum absolute atomic E-state index is 0.0618. The molecular weight excluding hydrogens is 358 g/mol. The van der Waals surface area contributed by atoms with Gasteiger partial charge in [-0.05, 0) is 56.2 Å². The van der Waals surface area contributed by atoms with Crippen LogP contribution in [-0.4, -0.2) is 36.5 Å². The molecule has 0 bridgehead atoms. The number of hydrogen-bond donors (Lipinski definition) is 3. The number of hydrogen-bond acceptors (Lipinski definition) is 5. The third-order valence-electron chi connectivity index (χ3n) is 3.74. The van der Waals surface area contributed by atoms with Crippen LogP contribution in [0.25, 0.3) is 11.1 Å². The van der Waals surface area contributed by atoms with Crippen molar-refractivity contribution in [1.82, 2.24) is 10.6 Å². The molecule has 2 aromatic carbocycles. The number of rotatable bonds is 6. The van der Waals surface area contributed by atoms with Crippen LogP contribution in [0.2, 0.25) is 0 Å². The van der Waals surface area contributed by atoms with Crippen molar-refractivity contribution in [2.45, 2.75) is 32.4 Å². The summed E-state index contributed by atoms with van der Waals surface area (Å²) in [7, 11) is 0. The average molecular weight is 383 g/mol. The number of nitrogen functional groups attached to an aromatic ring is 1. The number of carbonyl (C=O) groups is 3. The molecule has 7 heteroatoms. The minimum atomic E-state index is -0.864. The Morgan fingerprint density at radius 2 is 1.57 bits per heavy atom. The third kappa shape index (κ3) is 6.42. The van der Waals surface area contributed by atoms with E-state index in [-0.39, 0.29) is 6.54 Å². The summed E-state index contributed by atoms with van der Waals surface area (Å²) in [4.78, 5) is 35.2. The summed E-state index contributed by atoms with van der Waals surface area (Å²) in [5.41, 5.74) is 8.05. The van der Waals surface area contributed by atoms with E-state index in [1.165, 1.54) is 0 Å². The fourth-order valence-corrected chi connectivity index (χ4v) is 2.38. The quantitative estimate of drug-likeness (QED) is 0.525. The molecule has 2 amide bonds. The van der Waals surface area contributed by atoms with Crippen molar-refractivity contribution in [2.24, 2.45) is 0 Å². The van der Waals surface area contributed by atoms with E-state index in [2.05, 4.69) is 10.6 Å². The number of carbonyl (C=O) groups excluding carboxylic acids is 3. The van der Waals surface area contributed by atoms with Crippen LogP contribution >= 0.6 is 0 Å². The van der Waals surface area contributed by atoms with E-state index < -0.39 is 23.6 Å². The fraction of sp³-hybridized carbons (Fsp3) is 0.286. The number of ether oxygens (including phenoxy) is 1. The Hall–Kier alpha value is -3.35. The molecule has 28 heavy (non-hydrogen) atoms. The van der Waals surface area contributed by atoms with Crippen molar-refractivity contribution in [1.29, 1.82) is 0 Å². The summed E-state index contributed by atoms with van der Waals surface area (Å²) in [6.07, 6.45) is -0.0840. The first-order valence-electron chi connectivity index (χ1n) is 8.87. The lowest BCUT2D eigenvalue weighted by atomic mass is 10.0. The molecule has 7 nitrogen and oxygen atoms in total. The van der Waals surface area contributed by atoms with Crippen LogP contribution in [0, 0.1) is 0 Å². The molecule has 0 saturated heterocycles. The van der Waals surface area contributed by atoms with E-state index in [9.17, 15) is 14.4 Å². The van der Waals surface area contributed by atoms with Gasteiger partial charge >= 0.3 is 6.09 Å². The molecule has 0 aliphatic heterocycles. The molecule has 2 aromatic rings. The van der Waals surface area contributed by atoms with Crippen LogP contribution < -0.4 is 16.4 Å². The van der Waals surface area contributed by atoms with Gasteiger partial charge in [0, 0.05) is 17.8 Å².